The van der Waals surface area contributed by atoms with Gasteiger partial charge in [0.2, 0.25) is 5.91 Å². The van der Waals surface area contributed by atoms with Crippen LogP contribution in [0.4, 0.5) is 0 Å². The van der Waals surface area contributed by atoms with Crippen LogP contribution in [-0.2, 0) is 9.53 Å². The van der Waals surface area contributed by atoms with Crippen molar-refractivity contribution < 1.29 is 9.53 Å². The lowest BCUT2D eigenvalue weighted by Gasteiger charge is -2.20. The fraction of sp³-hybridized carbons (Fsp3) is 0.438. The number of carbonyl (C=O) groups is 1. The van der Waals surface area contributed by atoms with Gasteiger partial charge < -0.3 is 10.1 Å². The van der Waals surface area contributed by atoms with E-state index in [1.807, 2.05) is 24.3 Å². The Labute approximate surface area is 129 Å². The number of halogens is 1. The predicted octanol–water partition coefficient (Wildman–Crippen LogP) is 4.00. The fourth-order valence-electron chi connectivity index (χ4n) is 1.81. The summed E-state index contributed by atoms with van der Waals surface area (Å²) in [5, 5.41) is 3.02. The smallest absolute Gasteiger partial charge is 0.249 e. The zero-order valence-electron chi connectivity index (χ0n) is 12.1. The number of rotatable bonds is 8. The molecular formula is C16H22BrNO2. The fourth-order valence-corrected chi connectivity index (χ4v) is 2.07. The molecule has 0 radical (unpaired) electrons. The van der Waals surface area contributed by atoms with Crippen molar-refractivity contribution >= 4 is 21.8 Å². The average Bonchev–Trinajstić information content (AvgIpc) is 2.45. The standard InChI is InChI=1S/C16H22BrNO2/c1-4-6-11-20-12(3)16(19)18-15(5-2)13-7-9-14(17)10-8-13/h4,7-10,12,15H,1,5-6,11H2,2-3H3,(H,18,19). The Morgan fingerprint density at radius 3 is 2.65 bits per heavy atom. The van der Waals surface area contributed by atoms with Gasteiger partial charge in [-0.2, -0.15) is 0 Å². The van der Waals surface area contributed by atoms with Crippen LogP contribution in [-0.4, -0.2) is 18.6 Å². The third kappa shape index (κ3) is 5.47. The van der Waals surface area contributed by atoms with E-state index in [1.165, 1.54) is 0 Å². The molecule has 1 N–H and O–H groups in total. The molecule has 0 aliphatic heterocycles. The van der Waals surface area contributed by atoms with Gasteiger partial charge in [-0.15, -0.1) is 6.58 Å². The van der Waals surface area contributed by atoms with E-state index in [-0.39, 0.29) is 11.9 Å². The molecule has 3 nitrogen and oxygen atoms in total. The van der Waals surface area contributed by atoms with E-state index in [0.717, 1.165) is 22.9 Å². The summed E-state index contributed by atoms with van der Waals surface area (Å²) >= 11 is 3.41. The van der Waals surface area contributed by atoms with E-state index in [9.17, 15) is 4.79 Å². The van der Waals surface area contributed by atoms with Gasteiger partial charge >= 0.3 is 0 Å². The quantitative estimate of drug-likeness (QED) is 0.574. The second-order valence-electron chi connectivity index (χ2n) is 4.61. The molecule has 0 bridgehead atoms. The Hall–Kier alpha value is -1.13. The van der Waals surface area contributed by atoms with Crippen molar-refractivity contribution in [2.75, 3.05) is 6.61 Å². The summed E-state index contributed by atoms with van der Waals surface area (Å²) in [6.45, 7) is 7.97. The topological polar surface area (TPSA) is 38.3 Å². The van der Waals surface area contributed by atoms with Gasteiger partial charge in [-0.3, -0.25) is 4.79 Å². The Morgan fingerprint density at radius 2 is 2.10 bits per heavy atom. The molecule has 4 heteroatoms. The van der Waals surface area contributed by atoms with Crippen LogP contribution in [0, 0.1) is 0 Å². The summed E-state index contributed by atoms with van der Waals surface area (Å²) in [7, 11) is 0. The summed E-state index contributed by atoms with van der Waals surface area (Å²) in [5.41, 5.74) is 1.10. The maximum atomic E-state index is 12.1. The zero-order chi connectivity index (χ0) is 15.0. The summed E-state index contributed by atoms with van der Waals surface area (Å²) in [6.07, 6.45) is 2.93. The molecule has 0 spiro atoms. The molecule has 0 aliphatic rings. The molecule has 20 heavy (non-hydrogen) atoms. The van der Waals surface area contributed by atoms with E-state index in [2.05, 4.69) is 34.7 Å². The molecule has 1 amide bonds. The van der Waals surface area contributed by atoms with Crippen LogP contribution in [0.5, 0.6) is 0 Å². The molecule has 0 saturated carbocycles. The van der Waals surface area contributed by atoms with Crippen LogP contribution in [0.2, 0.25) is 0 Å². The zero-order valence-corrected chi connectivity index (χ0v) is 13.7. The molecule has 1 aromatic carbocycles. The van der Waals surface area contributed by atoms with Gasteiger partial charge in [0.05, 0.1) is 12.6 Å². The number of ether oxygens (including phenoxy) is 1. The number of hydrogen-bond acceptors (Lipinski definition) is 2. The molecule has 0 fully saturated rings. The van der Waals surface area contributed by atoms with Crippen molar-refractivity contribution in [2.24, 2.45) is 0 Å². The monoisotopic (exact) mass is 339 g/mol. The Balaban J connectivity index is 2.56. The number of nitrogens with one attached hydrogen (secondary N) is 1. The third-order valence-electron chi connectivity index (χ3n) is 3.06. The molecule has 0 heterocycles. The highest BCUT2D eigenvalue weighted by atomic mass is 79.9. The second kappa shape index (κ2) is 8.93. The SMILES string of the molecule is C=CCCOC(C)C(=O)NC(CC)c1ccc(Br)cc1. The van der Waals surface area contributed by atoms with Crippen LogP contribution >= 0.6 is 15.9 Å². The van der Waals surface area contributed by atoms with Crippen LogP contribution in [0.15, 0.2) is 41.4 Å². The van der Waals surface area contributed by atoms with E-state index >= 15 is 0 Å². The highest BCUT2D eigenvalue weighted by Crippen LogP contribution is 2.19. The normalized spacial score (nSPS) is 13.6. The van der Waals surface area contributed by atoms with Gasteiger partial charge in [-0.25, -0.2) is 0 Å². The molecule has 110 valence electrons. The Kier molecular flexibility index (Phi) is 7.55. The maximum absolute atomic E-state index is 12.1. The summed E-state index contributed by atoms with van der Waals surface area (Å²) in [6, 6.07) is 8.01. The number of amides is 1. The average molecular weight is 340 g/mol. The number of carbonyl (C=O) groups excluding carboxylic acids is 1. The molecular weight excluding hydrogens is 318 g/mol. The summed E-state index contributed by atoms with van der Waals surface area (Å²) < 4.78 is 6.48. The summed E-state index contributed by atoms with van der Waals surface area (Å²) in [5.74, 6) is -0.0798. The lowest BCUT2D eigenvalue weighted by atomic mass is 10.0. The molecule has 2 atom stereocenters. The highest BCUT2D eigenvalue weighted by molar-refractivity contribution is 9.10. The molecule has 1 rings (SSSR count). The van der Waals surface area contributed by atoms with Crippen LogP contribution < -0.4 is 5.32 Å². The van der Waals surface area contributed by atoms with Crippen molar-refractivity contribution in [1.82, 2.24) is 5.32 Å². The third-order valence-corrected chi connectivity index (χ3v) is 3.58. The van der Waals surface area contributed by atoms with Gasteiger partial charge in [0.25, 0.3) is 0 Å². The first kappa shape index (κ1) is 16.9. The minimum absolute atomic E-state index is 0.0149. The molecule has 0 saturated heterocycles. The van der Waals surface area contributed by atoms with E-state index in [4.69, 9.17) is 4.74 Å². The first-order chi connectivity index (χ1) is 9.58. The highest BCUT2D eigenvalue weighted by Gasteiger charge is 2.18. The van der Waals surface area contributed by atoms with E-state index in [1.54, 1.807) is 13.0 Å². The maximum Gasteiger partial charge on any atom is 0.249 e. The minimum Gasteiger partial charge on any atom is -0.368 e. The molecule has 0 aliphatic carbocycles. The van der Waals surface area contributed by atoms with Crippen molar-refractivity contribution in [3.8, 4) is 0 Å². The summed E-state index contributed by atoms with van der Waals surface area (Å²) in [4.78, 5) is 12.1. The van der Waals surface area contributed by atoms with Crippen LogP contribution in [0.1, 0.15) is 38.3 Å². The molecule has 0 aromatic heterocycles. The van der Waals surface area contributed by atoms with Gasteiger partial charge in [0.15, 0.2) is 0 Å². The van der Waals surface area contributed by atoms with Gasteiger partial charge in [0.1, 0.15) is 6.10 Å². The van der Waals surface area contributed by atoms with Crippen molar-refractivity contribution in [1.29, 1.82) is 0 Å². The number of hydrogen-bond donors (Lipinski definition) is 1. The van der Waals surface area contributed by atoms with Gasteiger partial charge in [-0.05, 0) is 37.5 Å². The Morgan fingerprint density at radius 1 is 1.45 bits per heavy atom. The van der Waals surface area contributed by atoms with E-state index < -0.39 is 6.10 Å². The largest absolute Gasteiger partial charge is 0.368 e. The van der Waals surface area contributed by atoms with Crippen LogP contribution in [0.25, 0.3) is 0 Å². The lowest BCUT2D eigenvalue weighted by Crippen LogP contribution is -2.37. The lowest BCUT2D eigenvalue weighted by molar-refractivity contribution is -0.132. The Bertz CT molecular complexity index is 431. The molecule has 2 unspecified atom stereocenters. The second-order valence-corrected chi connectivity index (χ2v) is 5.53. The van der Waals surface area contributed by atoms with Crippen molar-refractivity contribution in [2.45, 2.75) is 38.8 Å². The van der Waals surface area contributed by atoms with Gasteiger partial charge in [0, 0.05) is 4.47 Å². The first-order valence-electron chi connectivity index (χ1n) is 6.86. The van der Waals surface area contributed by atoms with Crippen LogP contribution in [0.3, 0.4) is 0 Å². The van der Waals surface area contributed by atoms with Crippen molar-refractivity contribution in [3.63, 3.8) is 0 Å². The van der Waals surface area contributed by atoms with Crippen molar-refractivity contribution in [3.05, 3.63) is 47.0 Å². The minimum atomic E-state index is -0.445. The number of benzene rings is 1. The molecule has 1 aromatic rings. The predicted molar refractivity (Wildman–Crippen MR) is 85.5 cm³/mol. The van der Waals surface area contributed by atoms with Gasteiger partial charge in [-0.1, -0.05) is 41.1 Å². The first-order valence-corrected chi connectivity index (χ1v) is 7.66. The van der Waals surface area contributed by atoms with E-state index in [0.29, 0.717) is 6.61 Å².